The van der Waals surface area contributed by atoms with Crippen molar-refractivity contribution < 1.29 is 24.2 Å². The average Bonchev–Trinajstić information content (AvgIpc) is 2.68. The van der Waals surface area contributed by atoms with E-state index in [-0.39, 0.29) is 11.1 Å². The van der Waals surface area contributed by atoms with Gasteiger partial charge in [0.05, 0.1) is 18.8 Å². The zero-order valence-corrected chi connectivity index (χ0v) is 15.6. The topological polar surface area (TPSA) is 109 Å². The average molecular weight is 380 g/mol. The van der Waals surface area contributed by atoms with Gasteiger partial charge in [-0.25, -0.2) is 4.79 Å². The lowest BCUT2D eigenvalue weighted by atomic mass is 10.1. The molecule has 144 valence electrons. The van der Waals surface area contributed by atoms with E-state index in [1.54, 1.807) is 31.2 Å². The quantitative estimate of drug-likeness (QED) is 0.534. The minimum absolute atomic E-state index is 0.0268. The number of carboxylic acids is 1. The number of ether oxygens (including phenoxy) is 2. The van der Waals surface area contributed by atoms with E-state index >= 15 is 0 Å². The van der Waals surface area contributed by atoms with Gasteiger partial charge in [-0.2, -0.15) is 5.26 Å². The Morgan fingerprint density at radius 1 is 1.11 bits per heavy atom. The Kier molecular flexibility index (Phi) is 7.17. The Bertz CT molecular complexity index is 927. The molecule has 1 amide bonds. The number of hydrogen-bond donors (Lipinski definition) is 2. The molecule has 28 heavy (non-hydrogen) atoms. The summed E-state index contributed by atoms with van der Waals surface area (Å²) in [7, 11) is 0. The van der Waals surface area contributed by atoms with E-state index < -0.39 is 11.9 Å². The maximum absolute atomic E-state index is 12.5. The molecule has 0 bridgehead atoms. The molecule has 2 rings (SSSR count). The fraction of sp³-hybridized carbons (Fsp3) is 0.190. The standard InChI is InChI=1S/C21H20N2O5/c1-3-27-18-8-6-17(7-9-18)23-20(24)16(13-22)12-15-11-14(21(25)26)5-10-19(15)28-4-2/h5-12H,3-4H2,1-2H3,(H,23,24)(H,25,26)/b16-12+. The first kappa shape index (κ1) is 20.5. The van der Waals surface area contributed by atoms with E-state index in [0.717, 1.165) is 0 Å². The van der Waals surface area contributed by atoms with Crippen molar-refractivity contribution in [2.24, 2.45) is 0 Å². The summed E-state index contributed by atoms with van der Waals surface area (Å²) in [6.07, 6.45) is 1.31. The molecule has 0 aromatic heterocycles. The molecular weight excluding hydrogens is 360 g/mol. The lowest BCUT2D eigenvalue weighted by molar-refractivity contribution is -0.112. The van der Waals surface area contributed by atoms with Gasteiger partial charge in [-0.3, -0.25) is 4.79 Å². The monoisotopic (exact) mass is 380 g/mol. The van der Waals surface area contributed by atoms with Gasteiger partial charge in [0.15, 0.2) is 0 Å². The Hall–Kier alpha value is -3.79. The maximum atomic E-state index is 12.5. The van der Waals surface area contributed by atoms with Gasteiger partial charge < -0.3 is 19.9 Å². The zero-order chi connectivity index (χ0) is 20.5. The highest BCUT2D eigenvalue weighted by atomic mass is 16.5. The van der Waals surface area contributed by atoms with Crippen LogP contribution < -0.4 is 14.8 Å². The van der Waals surface area contributed by atoms with Crippen LogP contribution in [0.2, 0.25) is 0 Å². The van der Waals surface area contributed by atoms with Crippen molar-refractivity contribution >= 4 is 23.6 Å². The highest BCUT2D eigenvalue weighted by molar-refractivity contribution is 6.10. The summed E-state index contributed by atoms with van der Waals surface area (Å²) >= 11 is 0. The lowest BCUT2D eigenvalue weighted by Gasteiger charge is -2.09. The highest BCUT2D eigenvalue weighted by Crippen LogP contribution is 2.24. The number of nitriles is 1. The van der Waals surface area contributed by atoms with E-state index in [1.165, 1.54) is 24.3 Å². The van der Waals surface area contributed by atoms with Gasteiger partial charge in [0.25, 0.3) is 5.91 Å². The van der Waals surface area contributed by atoms with Crippen molar-refractivity contribution in [1.82, 2.24) is 0 Å². The van der Waals surface area contributed by atoms with Gasteiger partial charge >= 0.3 is 5.97 Å². The first-order valence-corrected chi connectivity index (χ1v) is 8.64. The van der Waals surface area contributed by atoms with Crippen molar-refractivity contribution in [2.75, 3.05) is 18.5 Å². The Balaban J connectivity index is 2.29. The van der Waals surface area contributed by atoms with Gasteiger partial charge in [0, 0.05) is 11.3 Å². The Morgan fingerprint density at radius 2 is 1.79 bits per heavy atom. The molecule has 0 fully saturated rings. The van der Waals surface area contributed by atoms with Gasteiger partial charge in [0.1, 0.15) is 23.1 Å². The number of carbonyl (C=O) groups is 2. The first-order chi connectivity index (χ1) is 13.5. The fourth-order valence-corrected chi connectivity index (χ4v) is 2.38. The second-order valence-electron chi connectivity index (χ2n) is 5.57. The van der Waals surface area contributed by atoms with Crippen LogP contribution in [0, 0.1) is 11.3 Å². The summed E-state index contributed by atoms with van der Waals surface area (Å²) in [5.74, 6) is -0.678. The van der Waals surface area contributed by atoms with Crippen LogP contribution in [0.1, 0.15) is 29.8 Å². The second-order valence-corrected chi connectivity index (χ2v) is 5.57. The van der Waals surface area contributed by atoms with E-state index in [1.807, 2.05) is 13.0 Å². The number of carboxylic acid groups (broad SMARTS) is 1. The number of carbonyl (C=O) groups excluding carboxylic acids is 1. The van der Waals surface area contributed by atoms with E-state index in [2.05, 4.69) is 5.32 Å². The molecule has 2 aromatic carbocycles. The number of nitrogens with zero attached hydrogens (tertiary/aromatic N) is 1. The van der Waals surface area contributed by atoms with E-state index in [0.29, 0.717) is 36.0 Å². The Labute approximate surface area is 162 Å². The molecule has 0 radical (unpaired) electrons. The number of rotatable bonds is 8. The number of hydrogen-bond acceptors (Lipinski definition) is 5. The number of nitrogens with one attached hydrogen (secondary N) is 1. The minimum atomic E-state index is -1.12. The molecule has 0 atom stereocenters. The predicted octanol–water partition coefficient (Wildman–Crippen LogP) is 3.73. The number of benzene rings is 2. The van der Waals surface area contributed by atoms with Crippen LogP contribution in [0.5, 0.6) is 11.5 Å². The number of aromatic carboxylic acids is 1. The van der Waals surface area contributed by atoms with E-state index in [9.17, 15) is 14.9 Å². The molecule has 7 nitrogen and oxygen atoms in total. The summed E-state index contributed by atoms with van der Waals surface area (Å²) in [5.41, 5.74) is 0.676. The van der Waals surface area contributed by atoms with Gasteiger partial charge in [0.2, 0.25) is 0 Å². The summed E-state index contributed by atoms with van der Waals surface area (Å²) in [6, 6.07) is 12.8. The molecule has 2 aromatic rings. The second kappa shape index (κ2) is 9.78. The third kappa shape index (κ3) is 5.35. The van der Waals surface area contributed by atoms with Crippen molar-refractivity contribution in [1.29, 1.82) is 5.26 Å². The van der Waals surface area contributed by atoms with E-state index in [4.69, 9.17) is 14.6 Å². The van der Waals surface area contributed by atoms with Gasteiger partial charge in [-0.05, 0) is 62.4 Å². The Morgan fingerprint density at radius 3 is 2.36 bits per heavy atom. The van der Waals surface area contributed by atoms with Crippen LogP contribution in [-0.2, 0) is 4.79 Å². The van der Waals surface area contributed by atoms with Gasteiger partial charge in [-0.15, -0.1) is 0 Å². The largest absolute Gasteiger partial charge is 0.494 e. The van der Waals surface area contributed by atoms with Crippen LogP contribution in [-0.4, -0.2) is 30.2 Å². The summed E-state index contributed by atoms with van der Waals surface area (Å²) in [5, 5.41) is 21.2. The molecule has 0 spiro atoms. The van der Waals surface area contributed by atoms with Crippen molar-refractivity contribution in [3.8, 4) is 17.6 Å². The van der Waals surface area contributed by atoms with Gasteiger partial charge in [-0.1, -0.05) is 0 Å². The summed E-state index contributed by atoms with van der Waals surface area (Å²) in [4.78, 5) is 23.7. The maximum Gasteiger partial charge on any atom is 0.335 e. The van der Waals surface area contributed by atoms with Crippen LogP contribution in [0.4, 0.5) is 5.69 Å². The number of anilines is 1. The summed E-state index contributed by atoms with van der Waals surface area (Å²) in [6.45, 7) is 4.54. The minimum Gasteiger partial charge on any atom is -0.494 e. The zero-order valence-electron chi connectivity index (χ0n) is 15.6. The van der Waals surface area contributed by atoms with Crippen molar-refractivity contribution in [2.45, 2.75) is 13.8 Å². The normalized spacial score (nSPS) is 10.7. The number of amides is 1. The van der Waals surface area contributed by atoms with Crippen molar-refractivity contribution in [3.05, 3.63) is 59.2 Å². The smallest absolute Gasteiger partial charge is 0.335 e. The molecule has 0 aliphatic carbocycles. The van der Waals surface area contributed by atoms with Crippen LogP contribution in [0.3, 0.4) is 0 Å². The SMILES string of the molecule is CCOc1ccc(NC(=O)/C(C#N)=C/c2cc(C(=O)O)ccc2OCC)cc1. The van der Waals surface area contributed by atoms with Crippen LogP contribution >= 0.6 is 0 Å². The molecule has 0 aliphatic heterocycles. The summed E-state index contributed by atoms with van der Waals surface area (Å²) < 4.78 is 10.8. The van der Waals surface area contributed by atoms with Crippen LogP contribution in [0.25, 0.3) is 6.08 Å². The first-order valence-electron chi connectivity index (χ1n) is 8.64. The van der Waals surface area contributed by atoms with Crippen LogP contribution in [0.15, 0.2) is 48.0 Å². The molecule has 2 N–H and O–H groups in total. The predicted molar refractivity (Wildman–Crippen MR) is 104 cm³/mol. The lowest BCUT2D eigenvalue weighted by Crippen LogP contribution is -2.13. The molecule has 0 saturated heterocycles. The fourth-order valence-electron chi connectivity index (χ4n) is 2.38. The third-order valence-corrected chi connectivity index (χ3v) is 3.64. The third-order valence-electron chi connectivity index (χ3n) is 3.64. The molecule has 0 unspecified atom stereocenters. The molecule has 0 saturated carbocycles. The molecule has 0 aliphatic rings. The molecule has 0 heterocycles. The van der Waals surface area contributed by atoms with Crippen molar-refractivity contribution in [3.63, 3.8) is 0 Å². The molecular formula is C21H20N2O5. The highest BCUT2D eigenvalue weighted by Gasteiger charge is 2.13. The molecule has 7 heteroatoms.